The number of aliphatic carboxylic acids is 2. The molecule has 8 heteroatoms. The molecular formula is C24H36N2O5S. The molecule has 32 heavy (non-hydrogen) atoms. The van der Waals surface area contributed by atoms with Crippen LogP contribution in [0, 0.1) is 0 Å². The molecular weight excluding hydrogens is 428 g/mol. The highest BCUT2D eigenvalue weighted by Gasteiger charge is 2.40. The van der Waals surface area contributed by atoms with Gasteiger partial charge in [-0.05, 0) is 18.9 Å². The van der Waals surface area contributed by atoms with Crippen LogP contribution in [0.3, 0.4) is 0 Å². The fourth-order valence-electron chi connectivity index (χ4n) is 4.06. The lowest BCUT2D eigenvalue weighted by Gasteiger charge is -2.35. The fourth-order valence-corrected chi connectivity index (χ4v) is 5.25. The minimum absolute atomic E-state index is 0.354. The van der Waals surface area contributed by atoms with Gasteiger partial charge in [0.2, 0.25) is 5.91 Å². The summed E-state index contributed by atoms with van der Waals surface area (Å²) in [4.78, 5) is 38.5. The summed E-state index contributed by atoms with van der Waals surface area (Å²) in [6.07, 6.45) is 6.79. The molecule has 1 aliphatic rings. The number of amides is 1. The smallest absolute Gasteiger partial charge is 0.326 e. The van der Waals surface area contributed by atoms with Crippen molar-refractivity contribution >= 4 is 29.6 Å². The van der Waals surface area contributed by atoms with Crippen molar-refractivity contribution in [2.45, 2.75) is 83.0 Å². The molecule has 0 spiro atoms. The molecule has 0 radical (unpaired) electrons. The van der Waals surface area contributed by atoms with Crippen LogP contribution in [0.15, 0.2) is 30.3 Å². The Balaban J connectivity index is 2.13. The minimum atomic E-state index is -1.08. The van der Waals surface area contributed by atoms with Crippen molar-refractivity contribution in [3.63, 3.8) is 0 Å². The second kappa shape index (κ2) is 13.5. The first-order valence-corrected chi connectivity index (χ1v) is 12.7. The summed E-state index contributed by atoms with van der Waals surface area (Å²) in [5.41, 5.74) is 0.879. The van der Waals surface area contributed by atoms with E-state index in [1.165, 1.54) is 18.2 Å². The number of nitrogens with zero attached hydrogens (tertiary/aromatic N) is 1. The summed E-state index contributed by atoms with van der Waals surface area (Å²) in [5.74, 6) is -1.44. The van der Waals surface area contributed by atoms with Crippen molar-refractivity contribution in [1.82, 2.24) is 10.2 Å². The SMILES string of the molecule is CCCCCCCCC(NC1CSCC(c2ccccc2)N(C(C)C(=O)O)C1=O)C(=O)O. The maximum absolute atomic E-state index is 13.5. The van der Waals surface area contributed by atoms with Crippen LogP contribution in [0.5, 0.6) is 0 Å². The molecule has 0 saturated carbocycles. The Bertz CT molecular complexity index is 745. The van der Waals surface area contributed by atoms with Gasteiger partial charge in [0.25, 0.3) is 0 Å². The van der Waals surface area contributed by atoms with Crippen LogP contribution in [0.1, 0.15) is 70.4 Å². The van der Waals surface area contributed by atoms with E-state index in [-0.39, 0.29) is 11.9 Å². The van der Waals surface area contributed by atoms with Crippen LogP contribution in [0.25, 0.3) is 0 Å². The van der Waals surface area contributed by atoms with Crippen molar-refractivity contribution in [2.24, 2.45) is 0 Å². The van der Waals surface area contributed by atoms with Gasteiger partial charge in [-0.3, -0.25) is 14.9 Å². The molecule has 4 unspecified atom stereocenters. The Morgan fingerprint density at radius 2 is 1.72 bits per heavy atom. The van der Waals surface area contributed by atoms with Crippen molar-refractivity contribution in [3.05, 3.63) is 35.9 Å². The number of carboxylic acid groups (broad SMARTS) is 2. The predicted octanol–water partition coefficient (Wildman–Crippen LogP) is 3.94. The molecule has 1 heterocycles. The molecule has 1 aromatic rings. The predicted molar refractivity (Wildman–Crippen MR) is 127 cm³/mol. The van der Waals surface area contributed by atoms with Crippen molar-refractivity contribution in [2.75, 3.05) is 11.5 Å². The van der Waals surface area contributed by atoms with E-state index in [0.717, 1.165) is 37.7 Å². The molecule has 0 aromatic heterocycles. The molecule has 1 aromatic carbocycles. The zero-order valence-electron chi connectivity index (χ0n) is 19.0. The van der Waals surface area contributed by atoms with E-state index in [1.54, 1.807) is 11.8 Å². The number of hydrogen-bond donors (Lipinski definition) is 3. The fraction of sp³-hybridized carbons (Fsp3) is 0.625. The Kier molecular flexibility index (Phi) is 11.0. The number of carboxylic acids is 2. The highest BCUT2D eigenvalue weighted by molar-refractivity contribution is 7.99. The molecule has 2 rings (SSSR count). The number of carbonyl (C=O) groups excluding carboxylic acids is 1. The normalized spacial score (nSPS) is 21.1. The van der Waals surface area contributed by atoms with Crippen LogP contribution in [-0.2, 0) is 14.4 Å². The molecule has 1 aliphatic heterocycles. The van der Waals surface area contributed by atoms with Crippen molar-refractivity contribution in [3.8, 4) is 0 Å². The van der Waals surface area contributed by atoms with E-state index < -0.39 is 30.1 Å². The summed E-state index contributed by atoms with van der Waals surface area (Å²) in [7, 11) is 0. The second-order valence-corrected chi connectivity index (χ2v) is 9.47. The Hall–Kier alpha value is -2.06. The van der Waals surface area contributed by atoms with Crippen LogP contribution in [-0.4, -0.2) is 62.6 Å². The average molecular weight is 465 g/mol. The van der Waals surface area contributed by atoms with E-state index in [4.69, 9.17) is 0 Å². The lowest BCUT2D eigenvalue weighted by molar-refractivity contribution is -0.152. The number of thioether (sulfide) groups is 1. The maximum atomic E-state index is 13.5. The van der Waals surface area contributed by atoms with Gasteiger partial charge in [0, 0.05) is 11.5 Å². The minimum Gasteiger partial charge on any atom is -0.480 e. The Labute approximate surface area is 195 Å². The maximum Gasteiger partial charge on any atom is 0.326 e. The summed E-state index contributed by atoms with van der Waals surface area (Å²) >= 11 is 1.54. The highest BCUT2D eigenvalue weighted by atomic mass is 32.2. The van der Waals surface area contributed by atoms with E-state index >= 15 is 0 Å². The molecule has 1 amide bonds. The summed E-state index contributed by atoms with van der Waals surface area (Å²) in [5, 5.41) is 22.4. The number of hydrogen-bond acceptors (Lipinski definition) is 5. The van der Waals surface area contributed by atoms with Crippen LogP contribution >= 0.6 is 11.8 Å². The van der Waals surface area contributed by atoms with Crippen molar-refractivity contribution < 1.29 is 24.6 Å². The third-order valence-electron chi connectivity index (χ3n) is 5.95. The van der Waals surface area contributed by atoms with Gasteiger partial charge in [-0.25, -0.2) is 4.79 Å². The zero-order chi connectivity index (χ0) is 23.5. The van der Waals surface area contributed by atoms with Gasteiger partial charge < -0.3 is 15.1 Å². The quantitative estimate of drug-likeness (QED) is 0.380. The molecule has 7 nitrogen and oxygen atoms in total. The second-order valence-electron chi connectivity index (χ2n) is 8.39. The molecule has 0 aliphatic carbocycles. The number of nitrogens with one attached hydrogen (secondary N) is 1. The number of carbonyl (C=O) groups is 3. The van der Waals surface area contributed by atoms with E-state index in [9.17, 15) is 24.6 Å². The number of unbranched alkanes of at least 4 members (excludes halogenated alkanes) is 5. The highest BCUT2D eigenvalue weighted by Crippen LogP contribution is 2.31. The van der Waals surface area contributed by atoms with Gasteiger partial charge in [0.05, 0.1) is 12.1 Å². The standard InChI is InChI=1S/C24H36N2O5S/c1-3-4-5-6-7-11-14-19(24(30)31)25-20-15-32-16-21(18-12-9-8-10-13-18)26(22(20)27)17(2)23(28)29/h8-10,12-13,17,19-21,25H,3-7,11,14-16H2,1-2H3,(H,28,29)(H,30,31). The lowest BCUT2D eigenvalue weighted by Crippen LogP contribution is -2.56. The summed E-state index contributed by atoms with van der Waals surface area (Å²) < 4.78 is 0. The molecule has 1 saturated heterocycles. The van der Waals surface area contributed by atoms with Crippen LogP contribution in [0.2, 0.25) is 0 Å². The first-order valence-electron chi connectivity index (χ1n) is 11.5. The van der Waals surface area contributed by atoms with E-state index in [0.29, 0.717) is 17.9 Å². The Morgan fingerprint density at radius 3 is 2.34 bits per heavy atom. The third-order valence-corrected chi connectivity index (χ3v) is 7.07. The van der Waals surface area contributed by atoms with E-state index in [1.807, 2.05) is 30.3 Å². The summed E-state index contributed by atoms with van der Waals surface area (Å²) in [6, 6.07) is 6.45. The largest absolute Gasteiger partial charge is 0.480 e. The molecule has 1 fully saturated rings. The van der Waals surface area contributed by atoms with Gasteiger partial charge in [0.15, 0.2) is 0 Å². The molecule has 0 bridgehead atoms. The third kappa shape index (κ3) is 7.52. The van der Waals surface area contributed by atoms with Gasteiger partial charge in [-0.2, -0.15) is 11.8 Å². The van der Waals surface area contributed by atoms with Gasteiger partial charge >= 0.3 is 11.9 Å². The molecule has 4 atom stereocenters. The average Bonchev–Trinajstić information content (AvgIpc) is 2.93. The van der Waals surface area contributed by atoms with Gasteiger partial charge in [-0.15, -0.1) is 0 Å². The zero-order valence-corrected chi connectivity index (χ0v) is 19.9. The summed E-state index contributed by atoms with van der Waals surface area (Å²) in [6.45, 7) is 3.66. The number of rotatable bonds is 13. The molecule has 178 valence electrons. The van der Waals surface area contributed by atoms with Gasteiger partial charge in [-0.1, -0.05) is 75.8 Å². The van der Waals surface area contributed by atoms with Crippen LogP contribution in [0.4, 0.5) is 0 Å². The monoisotopic (exact) mass is 464 g/mol. The molecule has 3 N–H and O–H groups in total. The topological polar surface area (TPSA) is 107 Å². The van der Waals surface area contributed by atoms with Gasteiger partial charge in [0.1, 0.15) is 12.1 Å². The first kappa shape index (κ1) is 26.2. The van der Waals surface area contributed by atoms with E-state index in [2.05, 4.69) is 12.2 Å². The number of benzene rings is 1. The van der Waals surface area contributed by atoms with Crippen LogP contribution < -0.4 is 5.32 Å². The lowest BCUT2D eigenvalue weighted by atomic mass is 10.0. The Morgan fingerprint density at radius 1 is 1.06 bits per heavy atom. The first-order chi connectivity index (χ1) is 15.4. The van der Waals surface area contributed by atoms with Crippen molar-refractivity contribution in [1.29, 1.82) is 0 Å².